The number of hydrogen-bond donors (Lipinski definition) is 2. The number of aromatic nitrogens is 4. The highest BCUT2D eigenvalue weighted by atomic mass is 32.2. The summed E-state index contributed by atoms with van der Waals surface area (Å²) in [4.78, 5) is 20.8. The molecule has 0 aliphatic carbocycles. The number of hydrogen-bond acceptors (Lipinski definition) is 6. The Morgan fingerprint density at radius 2 is 1.82 bits per heavy atom. The Labute approximate surface area is 169 Å². The van der Waals surface area contributed by atoms with Gasteiger partial charge in [-0.25, -0.2) is 9.97 Å². The van der Waals surface area contributed by atoms with Crippen molar-refractivity contribution in [3.05, 3.63) is 54.1 Å². The number of aryl methyl sites for hydroxylation is 1. The lowest BCUT2D eigenvalue weighted by Gasteiger charge is -2.18. The van der Waals surface area contributed by atoms with Crippen molar-refractivity contribution in [1.82, 2.24) is 19.2 Å². The second-order valence-electron chi connectivity index (χ2n) is 7.50. The van der Waals surface area contributed by atoms with Crippen molar-refractivity contribution in [2.75, 3.05) is 10.6 Å². The Balaban J connectivity index is 1.79. The molecule has 0 saturated carbocycles. The highest BCUT2D eigenvalue weighted by molar-refractivity contribution is 7.97. The molecule has 7 nitrogen and oxygen atoms in total. The van der Waals surface area contributed by atoms with Crippen molar-refractivity contribution in [1.29, 1.82) is 0 Å². The highest BCUT2D eigenvalue weighted by Crippen LogP contribution is 2.28. The summed E-state index contributed by atoms with van der Waals surface area (Å²) < 4.78 is 1.82. The summed E-state index contributed by atoms with van der Waals surface area (Å²) >= 11 is 1.48. The lowest BCUT2D eigenvalue weighted by molar-refractivity contribution is -0.114. The van der Waals surface area contributed by atoms with E-state index in [4.69, 9.17) is 0 Å². The fraction of sp³-hybridized carbons (Fsp3) is 0.300. The van der Waals surface area contributed by atoms with Crippen LogP contribution in [0.2, 0.25) is 0 Å². The quantitative estimate of drug-likeness (QED) is 0.659. The van der Waals surface area contributed by atoms with E-state index >= 15 is 0 Å². The Hall–Kier alpha value is -2.87. The number of benzene rings is 1. The number of carbonyl (C=O) groups excluding carboxylic acids is 1. The summed E-state index contributed by atoms with van der Waals surface area (Å²) in [5.74, 6) is 1.46. The highest BCUT2D eigenvalue weighted by Gasteiger charge is 2.17. The van der Waals surface area contributed by atoms with Gasteiger partial charge in [-0.05, 0) is 31.2 Å². The van der Waals surface area contributed by atoms with E-state index in [2.05, 4.69) is 46.5 Å². The van der Waals surface area contributed by atoms with Crippen molar-refractivity contribution in [3.8, 4) is 0 Å². The predicted octanol–water partition coefficient (Wildman–Crippen LogP) is 4.54. The van der Waals surface area contributed by atoms with Gasteiger partial charge in [-0.2, -0.15) is 9.19 Å². The van der Waals surface area contributed by atoms with Crippen molar-refractivity contribution in [2.24, 2.45) is 0 Å². The first-order chi connectivity index (χ1) is 13.2. The van der Waals surface area contributed by atoms with Crippen LogP contribution in [0.25, 0.3) is 0 Å². The van der Waals surface area contributed by atoms with Crippen LogP contribution in [0.15, 0.2) is 47.6 Å². The van der Waals surface area contributed by atoms with Crippen LogP contribution in [-0.2, 0) is 10.2 Å². The van der Waals surface area contributed by atoms with Gasteiger partial charge in [0, 0.05) is 47.0 Å². The van der Waals surface area contributed by atoms with Gasteiger partial charge in [-0.1, -0.05) is 20.8 Å². The maximum atomic E-state index is 11.1. The lowest BCUT2D eigenvalue weighted by Crippen LogP contribution is -2.14. The minimum Gasteiger partial charge on any atom is -0.326 e. The summed E-state index contributed by atoms with van der Waals surface area (Å²) in [5.41, 5.74) is 2.58. The van der Waals surface area contributed by atoms with E-state index in [1.54, 1.807) is 6.33 Å². The van der Waals surface area contributed by atoms with Gasteiger partial charge in [0.2, 0.25) is 5.91 Å². The van der Waals surface area contributed by atoms with Crippen molar-refractivity contribution < 1.29 is 4.79 Å². The maximum Gasteiger partial charge on any atom is 0.221 e. The van der Waals surface area contributed by atoms with E-state index in [0.717, 1.165) is 33.6 Å². The predicted molar refractivity (Wildman–Crippen MR) is 113 cm³/mol. The molecule has 0 atom stereocenters. The van der Waals surface area contributed by atoms with Gasteiger partial charge < -0.3 is 10.6 Å². The molecule has 3 rings (SSSR count). The molecule has 0 fully saturated rings. The van der Waals surface area contributed by atoms with Crippen molar-refractivity contribution in [3.63, 3.8) is 0 Å². The molecular formula is C20H24N6OS. The van der Waals surface area contributed by atoms with Crippen LogP contribution in [-0.4, -0.2) is 25.1 Å². The average molecular weight is 397 g/mol. The molecule has 8 heteroatoms. The van der Waals surface area contributed by atoms with Crippen LogP contribution in [0.3, 0.4) is 0 Å². The standard InChI is InChI=1S/C20H24N6OS/c1-13-10-19(24-18-11-17(20(3,4)5)21-12-22-18)26(25-13)28-16-8-6-15(7-9-16)23-14(2)27/h6-12H,1-5H3,(H,23,27)(H,21,22,24). The molecule has 0 bridgehead atoms. The summed E-state index contributed by atoms with van der Waals surface area (Å²) in [6, 6.07) is 11.6. The van der Waals surface area contributed by atoms with E-state index < -0.39 is 0 Å². The first-order valence-corrected chi connectivity index (χ1v) is 9.70. The molecule has 28 heavy (non-hydrogen) atoms. The Morgan fingerprint density at radius 3 is 2.46 bits per heavy atom. The minimum absolute atomic E-state index is 0.0556. The number of anilines is 3. The van der Waals surface area contributed by atoms with Crippen molar-refractivity contribution in [2.45, 2.75) is 44.9 Å². The van der Waals surface area contributed by atoms with E-state index in [-0.39, 0.29) is 11.3 Å². The zero-order valence-corrected chi connectivity index (χ0v) is 17.5. The maximum absolute atomic E-state index is 11.1. The fourth-order valence-electron chi connectivity index (χ4n) is 2.50. The normalized spacial score (nSPS) is 11.3. The van der Waals surface area contributed by atoms with Gasteiger partial charge in [-0.15, -0.1) is 0 Å². The van der Waals surface area contributed by atoms with Gasteiger partial charge in [0.05, 0.1) is 11.4 Å². The van der Waals surface area contributed by atoms with E-state index in [1.807, 2.05) is 47.4 Å². The molecule has 0 unspecified atom stereocenters. The topological polar surface area (TPSA) is 84.7 Å². The third kappa shape index (κ3) is 5.10. The summed E-state index contributed by atoms with van der Waals surface area (Å²) in [7, 11) is 0. The number of nitrogens with zero attached hydrogens (tertiary/aromatic N) is 4. The molecule has 0 saturated heterocycles. The van der Waals surface area contributed by atoms with Crippen molar-refractivity contribution >= 4 is 35.2 Å². The Bertz CT molecular complexity index is 975. The molecule has 0 spiro atoms. The zero-order valence-electron chi connectivity index (χ0n) is 16.6. The van der Waals surface area contributed by atoms with E-state index in [1.165, 1.54) is 18.9 Å². The Morgan fingerprint density at radius 1 is 1.11 bits per heavy atom. The fourth-order valence-corrected chi connectivity index (χ4v) is 3.33. The first-order valence-electron chi connectivity index (χ1n) is 8.93. The van der Waals surface area contributed by atoms with Gasteiger partial charge in [0.15, 0.2) is 0 Å². The largest absolute Gasteiger partial charge is 0.326 e. The van der Waals surface area contributed by atoms with Crippen LogP contribution < -0.4 is 10.6 Å². The molecule has 146 valence electrons. The molecule has 2 aromatic heterocycles. The smallest absolute Gasteiger partial charge is 0.221 e. The molecular weight excluding hydrogens is 372 g/mol. The zero-order chi connectivity index (χ0) is 20.3. The average Bonchev–Trinajstić information content (AvgIpc) is 2.94. The van der Waals surface area contributed by atoms with Crippen LogP contribution in [0.5, 0.6) is 0 Å². The molecule has 0 aliphatic heterocycles. The van der Waals surface area contributed by atoms with Crippen LogP contribution in [0.1, 0.15) is 39.1 Å². The third-order valence-corrected chi connectivity index (χ3v) is 4.79. The number of rotatable bonds is 5. The number of amides is 1. The second kappa shape index (κ2) is 8.02. The molecule has 0 aliphatic rings. The van der Waals surface area contributed by atoms with Crippen LogP contribution >= 0.6 is 11.9 Å². The van der Waals surface area contributed by atoms with Gasteiger partial charge in [0.25, 0.3) is 0 Å². The van der Waals surface area contributed by atoms with Crippen LogP contribution in [0, 0.1) is 6.92 Å². The monoisotopic (exact) mass is 396 g/mol. The summed E-state index contributed by atoms with van der Waals surface area (Å²) in [5, 5.41) is 10.6. The molecule has 2 N–H and O–H groups in total. The van der Waals surface area contributed by atoms with Crippen LogP contribution in [0.4, 0.5) is 17.3 Å². The second-order valence-corrected chi connectivity index (χ2v) is 8.50. The minimum atomic E-state index is -0.0888. The SMILES string of the molecule is CC(=O)Nc1ccc(Sn2nc(C)cc2Nc2cc(C(C)(C)C)ncn2)cc1. The van der Waals surface area contributed by atoms with Gasteiger partial charge >= 0.3 is 0 Å². The lowest BCUT2D eigenvalue weighted by atomic mass is 9.92. The number of carbonyl (C=O) groups is 1. The first kappa shape index (κ1) is 19.9. The molecule has 2 heterocycles. The number of nitrogens with one attached hydrogen (secondary N) is 2. The summed E-state index contributed by atoms with van der Waals surface area (Å²) in [6.07, 6.45) is 1.57. The molecule has 3 aromatic rings. The molecule has 1 amide bonds. The summed E-state index contributed by atoms with van der Waals surface area (Å²) in [6.45, 7) is 9.80. The van der Waals surface area contributed by atoms with E-state index in [0.29, 0.717) is 0 Å². The Kier molecular flexibility index (Phi) is 5.69. The van der Waals surface area contributed by atoms with Gasteiger partial charge in [0.1, 0.15) is 18.0 Å². The van der Waals surface area contributed by atoms with Gasteiger partial charge in [-0.3, -0.25) is 4.79 Å². The third-order valence-electron chi connectivity index (χ3n) is 3.86. The molecule has 1 aromatic carbocycles. The van der Waals surface area contributed by atoms with E-state index in [9.17, 15) is 4.79 Å². The molecule has 0 radical (unpaired) electrons.